The molecule has 1 aliphatic rings. The van der Waals surface area contributed by atoms with E-state index < -0.39 is 0 Å². The molecule has 1 N–H and O–H groups in total. The molecule has 1 unspecified atom stereocenters. The molecule has 58 valence electrons. The predicted molar refractivity (Wildman–Crippen MR) is 48.3 cm³/mol. The van der Waals surface area contributed by atoms with Crippen LogP contribution >= 0.6 is 11.8 Å². The van der Waals surface area contributed by atoms with E-state index in [2.05, 4.69) is 24.4 Å². The van der Waals surface area contributed by atoms with E-state index in [-0.39, 0.29) is 0 Å². The zero-order valence-corrected chi connectivity index (χ0v) is 7.29. The largest absolute Gasteiger partial charge is 0.305 e. The van der Waals surface area contributed by atoms with Gasteiger partial charge in [-0.05, 0) is 19.8 Å². The summed E-state index contributed by atoms with van der Waals surface area (Å²) in [6.45, 7) is 3.28. The summed E-state index contributed by atoms with van der Waals surface area (Å²) >= 11 is 2.05. The number of hydrogen-bond donors (Lipinski definition) is 1. The maximum Gasteiger partial charge on any atom is 0.0535 e. The van der Waals surface area contributed by atoms with E-state index in [0.717, 1.165) is 5.37 Å². The van der Waals surface area contributed by atoms with Gasteiger partial charge in [0.05, 0.1) is 5.37 Å². The first-order valence-corrected chi connectivity index (χ1v) is 4.94. The normalized spacial score (nSPS) is 26.3. The van der Waals surface area contributed by atoms with Crippen LogP contribution in [0, 0.1) is 0 Å². The smallest absolute Gasteiger partial charge is 0.0535 e. The molecule has 0 aromatic heterocycles. The van der Waals surface area contributed by atoms with Gasteiger partial charge in [-0.2, -0.15) is 0 Å². The van der Waals surface area contributed by atoms with Gasteiger partial charge in [-0.1, -0.05) is 12.2 Å². The van der Waals surface area contributed by atoms with Crippen molar-refractivity contribution < 1.29 is 0 Å². The lowest BCUT2D eigenvalue weighted by atomic mass is 10.3. The second kappa shape index (κ2) is 4.80. The zero-order chi connectivity index (χ0) is 7.23. The maximum atomic E-state index is 3.44. The van der Waals surface area contributed by atoms with E-state index >= 15 is 0 Å². The molecule has 1 nitrogen and oxygen atoms in total. The quantitative estimate of drug-likeness (QED) is 0.629. The zero-order valence-electron chi connectivity index (χ0n) is 6.47. The summed E-state index contributed by atoms with van der Waals surface area (Å²) < 4.78 is 0. The van der Waals surface area contributed by atoms with Gasteiger partial charge < -0.3 is 5.32 Å². The first-order chi connectivity index (χ1) is 4.93. The molecule has 1 aliphatic heterocycles. The van der Waals surface area contributed by atoms with Crippen molar-refractivity contribution in [2.45, 2.75) is 25.1 Å². The van der Waals surface area contributed by atoms with Gasteiger partial charge in [0.2, 0.25) is 0 Å². The highest BCUT2D eigenvalue weighted by atomic mass is 32.2. The molecule has 0 bridgehead atoms. The van der Waals surface area contributed by atoms with E-state index in [1.807, 2.05) is 11.8 Å². The Labute approximate surface area is 67.3 Å². The van der Waals surface area contributed by atoms with Gasteiger partial charge in [-0.3, -0.25) is 0 Å². The van der Waals surface area contributed by atoms with Crippen LogP contribution in [-0.2, 0) is 0 Å². The van der Waals surface area contributed by atoms with Crippen LogP contribution in [0.15, 0.2) is 12.2 Å². The Balaban J connectivity index is 2.01. The molecular weight excluding hydrogens is 142 g/mol. The summed E-state index contributed by atoms with van der Waals surface area (Å²) in [6, 6.07) is 0. The molecular formula is C8H15NS. The first-order valence-electron chi connectivity index (χ1n) is 3.89. The summed E-state index contributed by atoms with van der Waals surface area (Å²) in [5.74, 6) is 1.29. The molecule has 0 aromatic carbocycles. The molecule has 1 fully saturated rings. The molecule has 2 heteroatoms. The fourth-order valence-corrected chi connectivity index (χ4v) is 2.14. The van der Waals surface area contributed by atoms with Gasteiger partial charge >= 0.3 is 0 Å². The lowest BCUT2D eigenvalue weighted by Gasteiger charge is -2.05. The molecule has 1 heterocycles. The molecule has 1 saturated heterocycles. The minimum atomic E-state index is 0.733. The second-order valence-corrected chi connectivity index (χ2v) is 3.77. The summed E-state index contributed by atoms with van der Waals surface area (Å²) in [4.78, 5) is 0. The molecule has 1 atom stereocenters. The maximum absolute atomic E-state index is 3.44. The van der Waals surface area contributed by atoms with Gasteiger partial charge in [0.1, 0.15) is 0 Å². The number of rotatable bonds is 3. The molecule has 1 rings (SSSR count). The highest BCUT2D eigenvalue weighted by molar-refractivity contribution is 8.00. The number of nitrogens with one attached hydrogen (secondary N) is 1. The van der Waals surface area contributed by atoms with Crippen LogP contribution in [0.5, 0.6) is 0 Å². The van der Waals surface area contributed by atoms with Crippen LogP contribution in [0.4, 0.5) is 0 Å². The topological polar surface area (TPSA) is 12.0 Å². The van der Waals surface area contributed by atoms with Gasteiger partial charge in [0.25, 0.3) is 0 Å². The molecule has 0 spiro atoms. The third-order valence-corrected chi connectivity index (χ3v) is 2.87. The van der Waals surface area contributed by atoms with Crippen LogP contribution in [0.1, 0.15) is 19.8 Å². The Bertz CT molecular complexity index is 106. The standard InChI is InChI=1S/C8H15NS/c1-2-3-4-5-8-9-6-7-10-8/h2-3,8-9H,4-7H2,1H3/b3-2+. The minimum Gasteiger partial charge on any atom is -0.305 e. The van der Waals surface area contributed by atoms with E-state index in [1.165, 1.54) is 25.1 Å². The predicted octanol–water partition coefficient (Wildman–Crippen LogP) is 2.01. The fourth-order valence-electron chi connectivity index (χ4n) is 1.08. The molecule has 0 saturated carbocycles. The van der Waals surface area contributed by atoms with Gasteiger partial charge in [-0.15, -0.1) is 11.8 Å². The van der Waals surface area contributed by atoms with Gasteiger partial charge in [0.15, 0.2) is 0 Å². The van der Waals surface area contributed by atoms with Crippen LogP contribution in [0.25, 0.3) is 0 Å². The highest BCUT2D eigenvalue weighted by Crippen LogP contribution is 2.18. The summed E-state index contributed by atoms with van der Waals surface area (Å²) in [5, 5.41) is 4.18. The van der Waals surface area contributed by atoms with E-state index in [1.54, 1.807) is 0 Å². The van der Waals surface area contributed by atoms with Crippen molar-refractivity contribution in [1.82, 2.24) is 5.32 Å². The SMILES string of the molecule is C/C=C/CCC1NCCS1. The van der Waals surface area contributed by atoms with Gasteiger partial charge in [-0.25, -0.2) is 0 Å². The molecule has 0 amide bonds. The monoisotopic (exact) mass is 157 g/mol. The van der Waals surface area contributed by atoms with Crippen LogP contribution < -0.4 is 5.32 Å². The number of hydrogen-bond acceptors (Lipinski definition) is 2. The first kappa shape index (κ1) is 8.15. The summed E-state index contributed by atoms with van der Waals surface area (Å²) in [6.07, 6.45) is 6.87. The Morgan fingerprint density at radius 3 is 3.20 bits per heavy atom. The van der Waals surface area contributed by atoms with Crippen molar-refractivity contribution >= 4 is 11.8 Å². The average molecular weight is 157 g/mol. The highest BCUT2D eigenvalue weighted by Gasteiger charge is 2.12. The van der Waals surface area contributed by atoms with Crippen molar-refractivity contribution in [2.75, 3.05) is 12.3 Å². The summed E-state index contributed by atoms with van der Waals surface area (Å²) in [5.41, 5.74) is 0. The Kier molecular flexibility index (Phi) is 3.91. The lowest BCUT2D eigenvalue weighted by molar-refractivity contribution is 0.666. The molecule has 10 heavy (non-hydrogen) atoms. The van der Waals surface area contributed by atoms with E-state index in [4.69, 9.17) is 0 Å². The number of allylic oxidation sites excluding steroid dienone is 2. The minimum absolute atomic E-state index is 0.733. The van der Waals surface area contributed by atoms with Gasteiger partial charge in [0, 0.05) is 12.3 Å². The second-order valence-electron chi connectivity index (χ2n) is 2.46. The van der Waals surface area contributed by atoms with Crippen molar-refractivity contribution in [1.29, 1.82) is 0 Å². The summed E-state index contributed by atoms with van der Waals surface area (Å²) in [7, 11) is 0. The molecule has 0 radical (unpaired) electrons. The van der Waals surface area contributed by atoms with E-state index in [9.17, 15) is 0 Å². The Morgan fingerprint density at radius 1 is 1.70 bits per heavy atom. The van der Waals surface area contributed by atoms with Crippen molar-refractivity contribution in [2.24, 2.45) is 0 Å². The Morgan fingerprint density at radius 2 is 2.60 bits per heavy atom. The molecule has 0 aliphatic carbocycles. The van der Waals surface area contributed by atoms with Crippen LogP contribution in [0.3, 0.4) is 0 Å². The van der Waals surface area contributed by atoms with Crippen LogP contribution in [-0.4, -0.2) is 17.7 Å². The Hall–Kier alpha value is 0.0500. The van der Waals surface area contributed by atoms with E-state index in [0.29, 0.717) is 0 Å². The number of thioether (sulfide) groups is 1. The third-order valence-electron chi connectivity index (χ3n) is 1.62. The lowest BCUT2D eigenvalue weighted by Crippen LogP contribution is -2.18. The van der Waals surface area contributed by atoms with Crippen molar-refractivity contribution in [3.8, 4) is 0 Å². The molecule has 0 aromatic rings. The third kappa shape index (κ3) is 2.76. The van der Waals surface area contributed by atoms with Crippen molar-refractivity contribution in [3.05, 3.63) is 12.2 Å². The van der Waals surface area contributed by atoms with Crippen molar-refractivity contribution in [3.63, 3.8) is 0 Å². The average Bonchev–Trinajstić information content (AvgIpc) is 2.41. The van der Waals surface area contributed by atoms with Crippen LogP contribution in [0.2, 0.25) is 0 Å². The fraction of sp³-hybridized carbons (Fsp3) is 0.750.